The number of benzene rings is 2. The molecule has 0 aliphatic heterocycles. The summed E-state index contributed by atoms with van der Waals surface area (Å²) in [6.45, 7) is 0. The van der Waals surface area contributed by atoms with Crippen molar-refractivity contribution in [3.63, 3.8) is 0 Å². The molecule has 4 nitrogen and oxygen atoms in total. The molecule has 3 aromatic rings. The lowest BCUT2D eigenvalue weighted by Gasteiger charge is -2.03. The van der Waals surface area contributed by atoms with Gasteiger partial charge in [-0.15, -0.1) is 5.10 Å². The van der Waals surface area contributed by atoms with Crippen LogP contribution in [0.4, 0.5) is 14.5 Å². The van der Waals surface area contributed by atoms with Gasteiger partial charge in [-0.25, -0.2) is 13.5 Å². The molecule has 0 saturated heterocycles. The predicted molar refractivity (Wildman–Crippen MR) is 76.1 cm³/mol. The van der Waals surface area contributed by atoms with E-state index in [4.69, 9.17) is 17.3 Å². The molecule has 0 saturated carbocycles. The molecule has 0 aliphatic rings. The van der Waals surface area contributed by atoms with Gasteiger partial charge in [-0.3, -0.25) is 0 Å². The Balaban J connectivity index is 2.01. The SMILES string of the molecule is Nc1ccc(-n2cc(-c3ccc(F)c(F)c3)nn2)c(Cl)c1. The Bertz CT molecular complexity index is 816. The average Bonchev–Trinajstić information content (AvgIpc) is 2.91. The number of rotatable bonds is 2. The van der Waals surface area contributed by atoms with Crippen LogP contribution >= 0.6 is 11.6 Å². The first kappa shape index (κ1) is 13.5. The first-order valence-corrected chi connectivity index (χ1v) is 6.35. The maximum Gasteiger partial charge on any atom is 0.159 e. The Morgan fingerprint density at radius 3 is 2.57 bits per heavy atom. The molecule has 7 heteroatoms. The van der Waals surface area contributed by atoms with E-state index in [9.17, 15) is 8.78 Å². The third-order valence-corrected chi connectivity index (χ3v) is 3.23. The van der Waals surface area contributed by atoms with E-state index in [1.54, 1.807) is 24.4 Å². The van der Waals surface area contributed by atoms with Gasteiger partial charge in [0, 0.05) is 11.3 Å². The van der Waals surface area contributed by atoms with Crippen molar-refractivity contribution in [2.45, 2.75) is 0 Å². The lowest BCUT2D eigenvalue weighted by molar-refractivity contribution is 0.509. The summed E-state index contributed by atoms with van der Waals surface area (Å²) in [6.07, 6.45) is 1.57. The maximum atomic E-state index is 13.2. The Morgan fingerprint density at radius 1 is 1.05 bits per heavy atom. The van der Waals surface area contributed by atoms with E-state index in [1.807, 2.05) is 0 Å². The van der Waals surface area contributed by atoms with Gasteiger partial charge in [-0.1, -0.05) is 16.8 Å². The molecule has 2 N–H and O–H groups in total. The molecule has 0 spiro atoms. The third kappa shape index (κ3) is 2.57. The van der Waals surface area contributed by atoms with Crippen molar-refractivity contribution in [2.75, 3.05) is 5.73 Å². The van der Waals surface area contributed by atoms with Gasteiger partial charge in [-0.05, 0) is 36.4 Å². The molecule has 0 fully saturated rings. The van der Waals surface area contributed by atoms with Crippen LogP contribution in [-0.2, 0) is 0 Å². The highest BCUT2D eigenvalue weighted by Crippen LogP contribution is 2.25. The van der Waals surface area contributed by atoms with Crippen molar-refractivity contribution in [1.82, 2.24) is 15.0 Å². The number of hydrogen-bond acceptors (Lipinski definition) is 3. The summed E-state index contributed by atoms with van der Waals surface area (Å²) in [6, 6.07) is 8.50. The molecule has 0 unspecified atom stereocenters. The molecule has 0 amide bonds. The molecule has 3 rings (SSSR count). The van der Waals surface area contributed by atoms with Gasteiger partial charge >= 0.3 is 0 Å². The van der Waals surface area contributed by atoms with E-state index in [0.29, 0.717) is 27.7 Å². The van der Waals surface area contributed by atoms with Crippen LogP contribution in [0.5, 0.6) is 0 Å². The second kappa shape index (κ2) is 5.14. The average molecular weight is 307 g/mol. The van der Waals surface area contributed by atoms with Crippen LogP contribution in [0, 0.1) is 11.6 Å². The van der Waals surface area contributed by atoms with E-state index >= 15 is 0 Å². The number of nitrogens with two attached hydrogens (primary N) is 1. The lowest BCUT2D eigenvalue weighted by Crippen LogP contribution is -1.96. The summed E-state index contributed by atoms with van der Waals surface area (Å²) in [7, 11) is 0. The van der Waals surface area contributed by atoms with Crippen molar-refractivity contribution in [3.05, 3.63) is 59.3 Å². The molecule has 0 radical (unpaired) electrons. The number of halogens is 3. The molecule has 1 aromatic heterocycles. The van der Waals surface area contributed by atoms with Crippen LogP contribution in [-0.4, -0.2) is 15.0 Å². The van der Waals surface area contributed by atoms with Crippen LogP contribution in [0.15, 0.2) is 42.6 Å². The minimum absolute atomic E-state index is 0.404. The number of aromatic nitrogens is 3. The molecule has 0 atom stereocenters. The molecule has 2 aromatic carbocycles. The summed E-state index contributed by atoms with van der Waals surface area (Å²) in [5.74, 6) is -1.85. The maximum absolute atomic E-state index is 13.2. The van der Waals surface area contributed by atoms with Gasteiger partial charge in [0.25, 0.3) is 0 Å². The van der Waals surface area contributed by atoms with Crippen LogP contribution in [0.1, 0.15) is 0 Å². The molecule has 1 heterocycles. The molecule has 0 bridgehead atoms. The van der Waals surface area contributed by atoms with Gasteiger partial charge in [-0.2, -0.15) is 0 Å². The van der Waals surface area contributed by atoms with E-state index in [1.165, 1.54) is 10.7 Å². The van der Waals surface area contributed by atoms with Crippen molar-refractivity contribution < 1.29 is 8.78 Å². The van der Waals surface area contributed by atoms with E-state index in [-0.39, 0.29) is 0 Å². The highest BCUT2D eigenvalue weighted by Gasteiger charge is 2.10. The summed E-state index contributed by atoms with van der Waals surface area (Å²) in [5, 5.41) is 8.28. The topological polar surface area (TPSA) is 56.7 Å². The van der Waals surface area contributed by atoms with Crippen molar-refractivity contribution in [3.8, 4) is 16.9 Å². The number of nitrogens with zero attached hydrogens (tertiary/aromatic N) is 3. The summed E-state index contributed by atoms with van der Waals surface area (Å²) in [4.78, 5) is 0. The zero-order valence-corrected chi connectivity index (χ0v) is 11.4. The first-order chi connectivity index (χ1) is 10.0. The Hall–Kier alpha value is -2.47. The number of nitrogen functional groups attached to an aromatic ring is 1. The Kier molecular flexibility index (Phi) is 3.31. The first-order valence-electron chi connectivity index (χ1n) is 5.98. The highest BCUT2D eigenvalue weighted by molar-refractivity contribution is 6.32. The van der Waals surface area contributed by atoms with E-state index in [2.05, 4.69) is 10.3 Å². The Labute approximate surface area is 123 Å². The standard InChI is InChI=1S/C14H9ClF2N4/c15-10-6-9(18)2-4-14(10)21-7-13(19-20-21)8-1-3-11(16)12(17)5-8/h1-7H,18H2. The summed E-state index contributed by atoms with van der Waals surface area (Å²) in [5.41, 5.74) is 7.58. The smallest absolute Gasteiger partial charge is 0.159 e. The third-order valence-electron chi connectivity index (χ3n) is 2.93. The van der Waals surface area contributed by atoms with E-state index < -0.39 is 11.6 Å². The van der Waals surface area contributed by atoms with Crippen molar-refractivity contribution >= 4 is 17.3 Å². The minimum atomic E-state index is -0.937. The quantitative estimate of drug-likeness (QED) is 0.738. The lowest BCUT2D eigenvalue weighted by atomic mass is 10.1. The van der Waals surface area contributed by atoms with Crippen LogP contribution in [0.25, 0.3) is 16.9 Å². The van der Waals surface area contributed by atoms with Gasteiger partial charge < -0.3 is 5.73 Å². The second-order valence-electron chi connectivity index (χ2n) is 4.39. The van der Waals surface area contributed by atoms with Gasteiger partial charge in [0.2, 0.25) is 0 Å². The molecular formula is C14H9ClF2N4. The molecular weight excluding hydrogens is 298 g/mol. The fourth-order valence-corrected chi connectivity index (χ4v) is 2.15. The number of hydrogen-bond donors (Lipinski definition) is 1. The predicted octanol–water partition coefficient (Wildman–Crippen LogP) is 3.45. The van der Waals surface area contributed by atoms with Crippen LogP contribution < -0.4 is 5.73 Å². The van der Waals surface area contributed by atoms with Crippen LogP contribution in [0.3, 0.4) is 0 Å². The molecule has 21 heavy (non-hydrogen) atoms. The van der Waals surface area contributed by atoms with E-state index in [0.717, 1.165) is 12.1 Å². The Morgan fingerprint density at radius 2 is 1.86 bits per heavy atom. The van der Waals surface area contributed by atoms with Gasteiger partial charge in [0.05, 0.1) is 16.9 Å². The largest absolute Gasteiger partial charge is 0.399 e. The fourth-order valence-electron chi connectivity index (χ4n) is 1.88. The zero-order chi connectivity index (χ0) is 15.0. The fraction of sp³-hybridized carbons (Fsp3) is 0. The highest BCUT2D eigenvalue weighted by atomic mass is 35.5. The second-order valence-corrected chi connectivity index (χ2v) is 4.80. The van der Waals surface area contributed by atoms with Gasteiger partial charge in [0.15, 0.2) is 11.6 Å². The van der Waals surface area contributed by atoms with Crippen molar-refractivity contribution in [2.24, 2.45) is 0 Å². The monoisotopic (exact) mass is 306 g/mol. The molecule has 106 valence electrons. The summed E-state index contributed by atoms with van der Waals surface area (Å²) >= 11 is 6.09. The minimum Gasteiger partial charge on any atom is -0.399 e. The van der Waals surface area contributed by atoms with Crippen LogP contribution in [0.2, 0.25) is 5.02 Å². The molecule has 0 aliphatic carbocycles. The summed E-state index contributed by atoms with van der Waals surface area (Å²) < 4.78 is 27.6. The van der Waals surface area contributed by atoms with Crippen molar-refractivity contribution in [1.29, 1.82) is 0 Å². The normalized spacial score (nSPS) is 10.8. The van der Waals surface area contributed by atoms with Gasteiger partial charge in [0.1, 0.15) is 5.69 Å². The zero-order valence-electron chi connectivity index (χ0n) is 10.6. The number of anilines is 1.